The van der Waals surface area contributed by atoms with Crippen molar-refractivity contribution in [1.82, 2.24) is 0 Å². The summed E-state index contributed by atoms with van der Waals surface area (Å²) in [6.07, 6.45) is 11.7. The van der Waals surface area contributed by atoms with Crippen molar-refractivity contribution in [3.05, 3.63) is 11.6 Å². The fourth-order valence-electron chi connectivity index (χ4n) is 4.03. The number of unbranched alkanes of at least 4 members (excludes halogenated alkanes) is 1. The molecule has 2 fully saturated rings. The van der Waals surface area contributed by atoms with Crippen LogP contribution in [0, 0.1) is 16.7 Å². The molecule has 1 nitrogen and oxygen atoms in total. The number of hydrogen-bond acceptors (Lipinski definition) is 1. The zero-order chi connectivity index (χ0) is 14.1. The average molecular weight is 262 g/mol. The summed E-state index contributed by atoms with van der Waals surface area (Å²) >= 11 is 0. The number of rotatable bonds is 3. The summed E-state index contributed by atoms with van der Waals surface area (Å²) in [6, 6.07) is 0. The molecular weight excluding hydrogens is 232 g/mol. The van der Waals surface area contributed by atoms with Gasteiger partial charge in [0.05, 0.1) is 0 Å². The summed E-state index contributed by atoms with van der Waals surface area (Å²) in [6.45, 7) is 9.28. The molecule has 0 saturated heterocycles. The van der Waals surface area contributed by atoms with Crippen LogP contribution in [0.15, 0.2) is 11.6 Å². The van der Waals surface area contributed by atoms with E-state index in [1.165, 1.54) is 32.1 Å². The van der Waals surface area contributed by atoms with Gasteiger partial charge in [0, 0.05) is 12.3 Å². The van der Waals surface area contributed by atoms with Gasteiger partial charge in [0.1, 0.15) is 5.78 Å². The molecule has 2 unspecified atom stereocenters. The highest BCUT2D eigenvalue weighted by molar-refractivity contribution is 5.83. The number of ketones is 1. The molecule has 19 heavy (non-hydrogen) atoms. The second-order valence-corrected chi connectivity index (χ2v) is 8.01. The van der Waals surface area contributed by atoms with Crippen LogP contribution in [0.5, 0.6) is 0 Å². The van der Waals surface area contributed by atoms with E-state index in [1.807, 2.05) is 0 Å². The second-order valence-electron chi connectivity index (χ2n) is 8.01. The predicted molar refractivity (Wildman–Crippen MR) is 81.1 cm³/mol. The Labute approximate surface area is 118 Å². The summed E-state index contributed by atoms with van der Waals surface area (Å²) in [5.74, 6) is 0.877. The third-order valence-corrected chi connectivity index (χ3v) is 5.23. The van der Waals surface area contributed by atoms with Gasteiger partial charge in [0.25, 0.3) is 0 Å². The van der Waals surface area contributed by atoms with E-state index in [4.69, 9.17) is 0 Å². The van der Waals surface area contributed by atoms with Gasteiger partial charge in [-0.3, -0.25) is 4.79 Å². The molecule has 2 aliphatic carbocycles. The van der Waals surface area contributed by atoms with Gasteiger partial charge in [0.2, 0.25) is 0 Å². The number of allylic oxidation sites excluding steroid dienone is 2. The average Bonchev–Trinajstić information content (AvgIpc) is 2.62. The van der Waals surface area contributed by atoms with Gasteiger partial charge in [-0.2, -0.15) is 0 Å². The van der Waals surface area contributed by atoms with Crippen molar-refractivity contribution in [1.29, 1.82) is 0 Å². The molecule has 0 spiro atoms. The molecule has 2 atom stereocenters. The number of carbonyl (C=O) groups is 1. The van der Waals surface area contributed by atoms with E-state index < -0.39 is 0 Å². The molecular formula is C18H30O. The van der Waals surface area contributed by atoms with Gasteiger partial charge in [-0.15, -0.1) is 0 Å². The molecule has 0 amide bonds. The van der Waals surface area contributed by atoms with E-state index in [2.05, 4.69) is 33.8 Å². The van der Waals surface area contributed by atoms with E-state index >= 15 is 0 Å². The lowest BCUT2D eigenvalue weighted by molar-refractivity contribution is -0.127. The van der Waals surface area contributed by atoms with Crippen LogP contribution in [-0.2, 0) is 4.79 Å². The Kier molecular flexibility index (Phi) is 4.23. The Balaban J connectivity index is 1.95. The Bertz CT molecular complexity index is 372. The van der Waals surface area contributed by atoms with Crippen LogP contribution in [0.4, 0.5) is 0 Å². The summed E-state index contributed by atoms with van der Waals surface area (Å²) in [7, 11) is 0. The first kappa shape index (κ1) is 14.8. The van der Waals surface area contributed by atoms with Crippen molar-refractivity contribution in [3.63, 3.8) is 0 Å². The van der Waals surface area contributed by atoms with E-state index in [9.17, 15) is 4.79 Å². The SMILES string of the molecule is CC(C)(C)CCCC=C1CCC2C(=O)CCCC12C. The molecule has 0 aromatic rings. The maximum atomic E-state index is 12.1. The Hall–Kier alpha value is -0.590. The normalized spacial score (nSPS) is 33.8. The van der Waals surface area contributed by atoms with Crippen LogP contribution in [0.1, 0.15) is 79.1 Å². The van der Waals surface area contributed by atoms with Gasteiger partial charge in [-0.1, -0.05) is 39.3 Å². The zero-order valence-corrected chi connectivity index (χ0v) is 13.2. The summed E-state index contributed by atoms with van der Waals surface area (Å²) in [4.78, 5) is 12.1. The molecule has 0 aromatic heterocycles. The molecule has 0 N–H and O–H groups in total. The minimum Gasteiger partial charge on any atom is -0.299 e. The number of carbonyl (C=O) groups excluding carboxylic acids is 1. The molecule has 0 radical (unpaired) electrons. The first-order valence-electron chi connectivity index (χ1n) is 8.05. The van der Waals surface area contributed by atoms with Gasteiger partial charge >= 0.3 is 0 Å². The van der Waals surface area contributed by atoms with Crippen LogP contribution in [-0.4, -0.2) is 5.78 Å². The van der Waals surface area contributed by atoms with Crippen LogP contribution < -0.4 is 0 Å². The second kappa shape index (κ2) is 5.42. The third kappa shape index (κ3) is 3.30. The lowest BCUT2D eigenvalue weighted by Crippen LogP contribution is -2.34. The van der Waals surface area contributed by atoms with Crippen molar-refractivity contribution in [2.45, 2.75) is 79.1 Å². The Morgan fingerprint density at radius 1 is 1.32 bits per heavy atom. The molecule has 108 valence electrons. The van der Waals surface area contributed by atoms with Crippen LogP contribution in [0.2, 0.25) is 0 Å². The molecule has 1 heteroatoms. The van der Waals surface area contributed by atoms with Crippen LogP contribution in [0.25, 0.3) is 0 Å². The van der Waals surface area contributed by atoms with Gasteiger partial charge in [0.15, 0.2) is 0 Å². The van der Waals surface area contributed by atoms with E-state index in [0.717, 1.165) is 19.3 Å². The van der Waals surface area contributed by atoms with E-state index in [-0.39, 0.29) is 5.41 Å². The first-order chi connectivity index (χ1) is 8.83. The third-order valence-electron chi connectivity index (χ3n) is 5.23. The lowest BCUT2D eigenvalue weighted by Gasteiger charge is -2.36. The maximum Gasteiger partial charge on any atom is 0.136 e. The van der Waals surface area contributed by atoms with E-state index in [0.29, 0.717) is 17.1 Å². The maximum absolute atomic E-state index is 12.1. The topological polar surface area (TPSA) is 17.1 Å². The molecule has 0 aromatic carbocycles. The first-order valence-corrected chi connectivity index (χ1v) is 8.05. The smallest absolute Gasteiger partial charge is 0.136 e. The van der Waals surface area contributed by atoms with Crippen molar-refractivity contribution in [2.75, 3.05) is 0 Å². The van der Waals surface area contributed by atoms with Crippen molar-refractivity contribution >= 4 is 5.78 Å². The fraction of sp³-hybridized carbons (Fsp3) is 0.833. The standard InChI is InChI=1S/C18H30O/c1-17(2,3)12-6-5-8-14-10-11-15-16(19)9-7-13-18(14,15)4/h8,15H,5-7,9-13H2,1-4H3. The minimum absolute atomic E-state index is 0.219. The van der Waals surface area contributed by atoms with E-state index in [1.54, 1.807) is 5.57 Å². The molecule has 0 bridgehead atoms. The van der Waals surface area contributed by atoms with Crippen molar-refractivity contribution in [3.8, 4) is 0 Å². The Morgan fingerprint density at radius 3 is 2.74 bits per heavy atom. The quantitative estimate of drug-likeness (QED) is 0.498. The zero-order valence-electron chi connectivity index (χ0n) is 13.2. The summed E-state index contributed by atoms with van der Waals surface area (Å²) < 4.78 is 0. The highest BCUT2D eigenvalue weighted by Crippen LogP contribution is 2.53. The highest BCUT2D eigenvalue weighted by Gasteiger charge is 2.47. The van der Waals surface area contributed by atoms with Gasteiger partial charge < -0.3 is 0 Å². The van der Waals surface area contributed by atoms with Crippen molar-refractivity contribution in [2.24, 2.45) is 16.7 Å². The molecule has 2 rings (SSSR count). The minimum atomic E-state index is 0.219. The molecule has 2 saturated carbocycles. The molecule has 0 aliphatic heterocycles. The van der Waals surface area contributed by atoms with Gasteiger partial charge in [-0.25, -0.2) is 0 Å². The van der Waals surface area contributed by atoms with Gasteiger partial charge in [-0.05, 0) is 55.8 Å². The van der Waals surface area contributed by atoms with Crippen molar-refractivity contribution < 1.29 is 4.79 Å². The van der Waals surface area contributed by atoms with Crippen LogP contribution >= 0.6 is 0 Å². The predicted octanol–water partition coefficient (Wildman–Crippen LogP) is 5.30. The summed E-state index contributed by atoms with van der Waals surface area (Å²) in [5, 5.41) is 0. The molecule has 0 heterocycles. The monoisotopic (exact) mass is 262 g/mol. The molecule has 2 aliphatic rings. The number of hydrogen-bond donors (Lipinski definition) is 0. The summed E-state index contributed by atoms with van der Waals surface area (Å²) in [5.41, 5.74) is 2.26. The fourth-order valence-corrected chi connectivity index (χ4v) is 4.03. The highest BCUT2D eigenvalue weighted by atomic mass is 16.1. The Morgan fingerprint density at radius 2 is 2.05 bits per heavy atom. The number of Topliss-reactive ketones (excluding diaryl/α,β-unsaturated/α-hetero) is 1. The number of fused-ring (bicyclic) bond motifs is 1. The lowest BCUT2D eigenvalue weighted by atomic mass is 9.67. The van der Waals surface area contributed by atoms with Crippen LogP contribution in [0.3, 0.4) is 0 Å². The largest absolute Gasteiger partial charge is 0.299 e.